The zero-order valence-corrected chi connectivity index (χ0v) is 13.5. The topological polar surface area (TPSA) is 78.4 Å². The van der Waals surface area contributed by atoms with Crippen molar-refractivity contribution in [2.45, 2.75) is 17.9 Å². The van der Waals surface area contributed by atoms with Crippen LogP contribution in [0.2, 0.25) is 0 Å². The molecule has 2 amide bonds. The van der Waals surface area contributed by atoms with Gasteiger partial charge in [0.25, 0.3) is 0 Å². The Hall–Kier alpha value is -1.91. The van der Waals surface area contributed by atoms with E-state index in [0.29, 0.717) is 5.56 Å². The van der Waals surface area contributed by atoms with Crippen LogP contribution in [0.5, 0.6) is 0 Å². The minimum absolute atomic E-state index is 0.0702. The van der Waals surface area contributed by atoms with Gasteiger partial charge in [-0.05, 0) is 33.8 Å². The summed E-state index contributed by atoms with van der Waals surface area (Å²) in [5, 5.41) is 18.8. The van der Waals surface area contributed by atoms with Gasteiger partial charge in [-0.3, -0.25) is 4.79 Å². The van der Waals surface area contributed by atoms with E-state index >= 15 is 0 Å². The number of thiophene rings is 2. The molecule has 3 N–H and O–H groups in total. The van der Waals surface area contributed by atoms with Crippen molar-refractivity contribution in [1.82, 2.24) is 10.6 Å². The molecular weight excluding hydrogens is 365 g/mol. The van der Waals surface area contributed by atoms with Gasteiger partial charge < -0.3 is 15.7 Å². The third kappa shape index (κ3) is 2.70. The first-order chi connectivity index (χ1) is 11.2. The summed E-state index contributed by atoms with van der Waals surface area (Å²) in [6.07, 6.45) is -5.23. The summed E-state index contributed by atoms with van der Waals surface area (Å²) in [5.74, 6) is -2.85. The molecule has 0 aliphatic carbocycles. The first-order valence-corrected chi connectivity index (χ1v) is 8.54. The second-order valence-corrected chi connectivity index (χ2v) is 6.94. The minimum Gasteiger partial charge on any atom is -0.363 e. The first-order valence-electron chi connectivity index (χ1n) is 6.71. The van der Waals surface area contributed by atoms with Crippen LogP contribution in [0.4, 0.5) is 18.0 Å². The molecule has 3 atom stereocenters. The Kier molecular flexibility index (Phi) is 4.14. The molecule has 0 unspecified atom stereocenters. The second-order valence-electron chi connectivity index (χ2n) is 5.22. The molecule has 10 heteroatoms. The number of ketones is 1. The number of hydrogen-bond acceptors (Lipinski definition) is 5. The molecule has 0 aromatic carbocycles. The highest BCUT2D eigenvalue weighted by Gasteiger charge is 2.66. The molecule has 5 nitrogen and oxygen atoms in total. The molecule has 24 heavy (non-hydrogen) atoms. The molecule has 3 rings (SSSR count). The van der Waals surface area contributed by atoms with Crippen molar-refractivity contribution in [2.75, 3.05) is 0 Å². The molecule has 0 bridgehead atoms. The number of aliphatic hydroxyl groups is 1. The van der Waals surface area contributed by atoms with Crippen LogP contribution in [0.25, 0.3) is 0 Å². The molecule has 0 radical (unpaired) electrons. The van der Waals surface area contributed by atoms with Crippen molar-refractivity contribution < 1.29 is 27.9 Å². The number of halogens is 3. The van der Waals surface area contributed by atoms with E-state index in [1.165, 1.54) is 40.2 Å². The van der Waals surface area contributed by atoms with E-state index < -0.39 is 35.7 Å². The molecule has 1 fully saturated rings. The summed E-state index contributed by atoms with van der Waals surface area (Å²) in [4.78, 5) is 24.5. The average molecular weight is 376 g/mol. The first kappa shape index (κ1) is 16.9. The molecular formula is C14H11F3N2O3S2. The number of hydrogen-bond donors (Lipinski definition) is 3. The van der Waals surface area contributed by atoms with Gasteiger partial charge in [-0.1, -0.05) is 6.07 Å². The SMILES string of the molecule is O=C1N[C@H](c2ccsc2)[C@@H](C(=O)c2cccs2)[C@@](O)(C(F)(F)F)N1. The molecule has 3 heterocycles. The van der Waals surface area contributed by atoms with E-state index in [-0.39, 0.29) is 4.88 Å². The highest BCUT2D eigenvalue weighted by atomic mass is 32.1. The molecule has 2 aromatic heterocycles. The summed E-state index contributed by atoms with van der Waals surface area (Å²) < 4.78 is 40.6. The van der Waals surface area contributed by atoms with Gasteiger partial charge in [0.15, 0.2) is 5.78 Å². The van der Waals surface area contributed by atoms with Crippen molar-refractivity contribution in [2.24, 2.45) is 5.92 Å². The lowest BCUT2D eigenvalue weighted by Gasteiger charge is -2.44. The van der Waals surface area contributed by atoms with Crippen LogP contribution >= 0.6 is 22.7 Å². The number of carbonyl (C=O) groups is 2. The maximum atomic E-state index is 13.5. The van der Waals surface area contributed by atoms with Gasteiger partial charge in [-0.15, -0.1) is 11.3 Å². The number of alkyl halides is 3. The highest BCUT2D eigenvalue weighted by molar-refractivity contribution is 7.12. The summed E-state index contributed by atoms with van der Waals surface area (Å²) in [5.41, 5.74) is -3.34. The van der Waals surface area contributed by atoms with Gasteiger partial charge in [-0.2, -0.15) is 24.5 Å². The Morgan fingerprint density at radius 2 is 2.04 bits per heavy atom. The van der Waals surface area contributed by atoms with Gasteiger partial charge in [0.05, 0.1) is 10.9 Å². The van der Waals surface area contributed by atoms with Crippen molar-refractivity contribution in [3.63, 3.8) is 0 Å². The standard InChI is InChI=1S/C14H11F3N2O3S2/c15-14(16,17)13(22)9(11(20)8-2-1-4-24-8)10(18-12(21)19-13)7-3-5-23-6-7/h1-6,9-10,22H,(H2,18,19,21)/t9-,10+,13+/m0/s1. The quantitative estimate of drug-likeness (QED) is 0.721. The van der Waals surface area contributed by atoms with E-state index in [1.54, 1.807) is 10.8 Å². The Bertz CT molecular complexity index is 746. The van der Waals surface area contributed by atoms with Crippen molar-refractivity contribution in [3.8, 4) is 0 Å². The second kappa shape index (κ2) is 5.87. The third-order valence-corrected chi connectivity index (χ3v) is 5.34. The smallest absolute Gasteiger partial charge is 0.363 e. The molecule has 0 spiro atoms. The van der Waals surface area contributed by atoms with Crippen molar-refractivity contribution in [1.29, 1.82) is 0 Å². The van der Waals surface area contributed by atoms with Gasteiger partial charge >= 0.3 is 12.2 Å². The van der Waals surface area contributed by atoms with Gasteiger partial charge in [0.2, 0.25) is 5.72 Å². The fourth-order valence-electron chi connectivity index (χ4n) is 2.64. The lowest BCUT2D eigenvalue weighted by Crippen LogP contribution is -2.72. The summed E-state index contributed by atoms with van der Waals surface area (Å²) >= 11 is 2.18. The molecule has 2 aromatic rings. The van der Waals surface area contributed by atoms with Crippen molar-refractivity contribution >= 4 is 34.5 Å². The third-order valence-electron chi connectivity index (χ3n) is 3.76. The van der Waals surface area contributed by atoms with Crippen LogP contribution in [-0.4, -0.2) is 28.8 Å². The highest BCUT2D eigenvalue weighted by Crippen LogP contribution is 2.44. The van der Waals surface area contributed by atoms with E-state index in [4.69, 9.17) is 0 Å². The van der Waals surface area contributed by atoms with Crippen LogP contribution in [0.3, 0.4) is 0 Å². The zero-order valence-electron chi connectivity index (χ0n) is 11.8. The van der Waals surface area contributed by atoms with Gasteiger partial charge in [0.1, 0.15) is 5.92 Å². The number of amides is 2. The number of Topliss-reactive ketones (excluding diaryl/α,β-unsaturated/α-hetero) is 1. The Balaban J connectivity index is 2.13. The maximum absolute atomic E-state index is 13.5. The Morgan fingerprint density at radius 1 is 1.29 bits per heavy atom. The van der Waals surface area contributed by atoms with Gasteiger partial charge in [-0.25, -0.2) is 4.79 Å². The van der Waals surface area contributed by atoms with Crippen molar-refractivity contribution in [3.05, 3.63) is 44.8 Å². The molecule has 0 saturated carbocycles. The minimum atomic E-state index is -5.23. The van der Waals surface area contributed by atoms with E-state index in [2.05, 4.69) is 5.32 Å². The van der Waals surface area contributed by atoms with E-state index in [0.717, 1.165) is 11.3 Å². The summed E-state index contributed by atoms with van der Waals surface area (Å²) in [6, 6.07) is 1.92. The molecule has 1 aliphatic rings. The maximum Gasteiger partial charge on any atom is 0.437 e. The number of urea groups is 1. The summed E-state index contributed by atoms with van der Waals surface area (Å²) in [6.45, 7) is 0. The van der Waals surface area contributed by atoms with Crippen LogP contribution in [-0.2, 0) is 0 Å². The number of carbonyl (C=O) groups excluding carboxylic acids is 2. The lowest BCUT2D eigenvalue weighted by molar-refractivity contribution is -0.287. The average Bonchev–Trinajstić information content (AvgIpc) is 3.18. The predicted octanol–water partition coefficient (Wildman–Crippen LogP) is 2.91. The number of nitrogens with one attached hydrogen (secondary N) is 2. The lowest BCUT2D eigenvalue weighted by atomic mass is 9.79. The summed E-state index contributed by atoms with van der Waals surface area (Å²) in [7, 11) is 0. The zero-order chi connectivity index (χ0) is 17.5. The normalized spacial score (nSPS) is 27.4. The molecule has 1 saturated heterocycles. The fraction of sp³-hybridized carbons (Fsp3) is 0.286. The Labute approximate surface area is 142 Å². The van der Waals surface area contributed by atoms with E-state index in [1.807, 2.05) is 0 Å². The van der Waals surface area contributed by atoms with E-state index in [9.17, 15) is 27.9 Å². The predicted molar refractivity (Wildman–Crippen MR) is 81.9 cm³/mol. The molecule has 128 valence electrons. The fourth-order valence-corrected chi connectivity index (χ4v) is 4.04. The Morgan fingerprint density at radius 3 is 2.58 bits per heavy atom. The van der Waals surface area contributed by atoms with Crippen LogP contribution in [0, 0.1) is 5.92 Å². The molecule has 1 aliphatic heterocycles. The monoisotopic (exact) mass is 376 g/mol. The van der Waals surface area contributed by atoms with Crippen LogP contribution in [0.1, 0.15) is 21.3 Å². The number of rotatable bonds is 3. The van der Waals surface area contributed by atoms with Crippen LogP contribution in [0.15, 0.2) is 34.3 Å². The van der Waals surface area contributed by atoms with Gasteiger partial charge in [0, 0.05) is 0 Å². The van der Waals surface area contributed by atoms with Crippen LogP contribution < -0.4 is 10.6 Å². The largest absolute Gasteiger partial charge is 0.437 e.